The second kappa shape index (κ2) is 4.89. The first-order valence-corrected chi connectivity index (χ1v) is 5.88. The molecule has 0 bridgehead atoms. The molecule has 1 fully saturated rings. The maximum Gasteiger partial charge on any atom is 0.415 e. The van der Waals surface area contributed by atoms with Crippen molar-refractivity contribution < 1.29 is 19.1 Å². The fraction of sp³-hybridized carbons (Fsp3) is 0.385. The SMILES string of the molecule is COC(=O)c1cccc(N2CC(C)(CN)OC2=O)c1. The molecule has 1 atom stereocenters. The van der Waals surface area contributed by atoms with Gasteiger partial charge in [-0.15, -0.1) is 0 Å². The zero-order valence-corrected chi connectivity index (χ0v) is 10.9. The van der Waals surface area contributed by atoms with Crippen molar-refractivity contribution in [2.24, 2.45) is 5.73 Å². The highest BCUT2D eigenvalue weighted by Gasteiger charge is 2.41. The Kier molecular flexibility index (Phi) is 3.44. The molecule has 1 aromatic rings. The van der Waals surface area contributed by atoms with E-state index >= 15 is 0 Å². The molecule has 1 heterocycles. The highest BCUT2D eigenvalue weighted by Crippen LogP contribution is 2.27. The smallest absolute Gasteiger partial charge is 0.415 e. The third-order valence-corrected chi connectivity index (χ3v) is 3.06. The average Bonchev–Trinajstić information content (AvgIpc) is 2.74. The number of carbonyl (C=O) groups excluding carboxylic acids is 2. The highest BCUT2D eigenvalue weighted by atomic mass is 16.6. The number of rotatable bonds is 3. The van der Waals surface area contributed by atoms with Crippen molar-refractivity contribution in [3.63, 3.8) is 0 Å². The molecule has 2 N–H and O–H groups in total. The Morgan fingerprint density at radius 1 is 1.58 bits per heavy atom. The van der Waals surface area contributed by atoms with Crippen molar-refractivity contribution in [2.75, 3.05) is 25.1 Å². The van der Waals surface area contributed by atoms with Gasteiger partial charge >= 0.3 is 12.1 Å². The van der Waals surface area contributed by atoms with Crippen molar-refractivity contribution in [3.8, 4) is 0 Å². The Bertz CT molecular complexity index is 517. The normalized spacial score (nSPS) is 22.3. The maximum atomic E-state index is 11.8. The van der Waals surface area contributed by atoms with Crippen LogP contribution in [0.3, 0.4) is 0 Å². The van der Waals surface area contributed by atoms with E-state index in [4.69, 9.17) is 10.5 Å². The van der Waals surface area contributed by atoms with E-state index in [0.717, 1.165) is 0 Å². The van der Waals surface area contributed by atoms with Gasteiger partial charge in [-0.3, -0.25) is 4.90 Å². The Balaban J connectivity index is 2.28. The van der Waals surface area contributed by atoms with Crippen LogP contribution < -0.4 is 10.6 Å². The molecule has 2 rings (SSSR count). The minimum absolute atomic E-state index is 0.242. The van der Waals surface area contributed by atoms with Gasteiger partial charge in [0.1, 0.15) is 5.60 Å². The Labute approximate surface area is 111 Å². The zero-order valence-electron chi connectivity index (χ0n) is 10.9. The van der Waals surface area contributed by atoms with E-state index in [9.17, 15) is 9.59 Å². The third kappa shape index (κ3) is 2.53. The molecular formula is C13H16N2O4. The van der Waals surface area contributed by atoms with Crippen LogP contribution in [0.1, 0.15) is 17.3 Å². The molecule has 1 aliphatic heterocycles. The fourth-order valence-electron chi connectivity index (χ4n) is 1.92. The summed E-state index contributed by atoms with van der Waals surface area (Å²) in [7, 11) is 1.31. The van der Waals surface area contributed by atoms with Crippen molar-refractivity contribution in [2.45, 2.75) is 12.5 Å². The van der Waals surface area contributed by atoms with Crippen molar-refractivity contribution in [1.82, 2.24) is 0 Å². The number of methoxy groups -OCH3 is 1. The number of carbonyl (C=O) groups is 2. The van der Waals surface area contributed by atoms with Gasteiger partial charge in [0, 0.05) is 12.2 Å². The average molecular weight is 264 g/mol. The molecule has 0 radical (unpaired) electrons. The molecule has 1 amide bonds. The Morgan fingerprint density at radius 2 is 2.32 bits per heavy atom. The van der Waals surface area contributed by atoms with Gasteiger partial charge in [-0.2, -0.15) is 0 Å². The number of hydrogen-bond acceptors (Lipinski definition) is 5. The first-order valence-electron chi connectivity index (χ1n) is 5.88. The molecule has 0 saturated carbocycles. The quantitative estimate of drug-likeness (QED) is 0.828. The van der Waals surface area contributed by atoms with E-state index in [-0.39, 0.29) is 6.54 Å². The summed E-state index contributed by atoms with van der Waals surface area (Å²) in [6.45, 7) is 2.37. The molecule has 102 valence electrons. The van der Waals surface area contributed by atoms with E-state index in [1.807, 2.05) is 0 Å². The lowest BCUT2D eigenvalue weighted by Crippen LogP contribution is -2.38. The van der Waals surface area contributed by atoms with Crippen LogP contribution in [0.25, 0.3) is 0 Å². The number of nitrogens with two attached hydrogens (primary N) is 1. The van der Waals surface area contributed by atoms with Gasteiger partial charge in [-0.1, -0.05) is 6.07 Å². The van der Waals surface area contributed by atoms with Crippen LogP contribution in [0.4, 0.5) is 10.5 Å². The molecule has 6 heteroatoms. The largest absolute Gasteiger partial charge is 0.465 e. The van der Waals surface area contributed by atoms with E-state index < -0.39 is 17.7 Å². The second-order valence-corrected chi connectivity index (χ2v) is 4.65. The van der Waals surface area contributed by atoms with E-state index in [1.165, 1.54) is 12.0 Å². The number of amides is 1. The number of hydrogen-bond donors (Lipinski definition) is 1. The highest BCUT2D eigenvalue weighted by molar-refractivity contribution is 5.94. The molecular weight excluding hydrogens is 248 g/mol. The summed E-state index contributed by atoms with van der Waals surface area (Å²) in [5.41, 5.74) is 5.87. The molecule has 6 nitrogen and oxygen atoms in total. The number of esters is 1. The second-order valence-electron chi connectivity index (χ2n) is 4.65. The van der Waals surface area contributed by atoms with Crippen LogP contribution in [0.5, 0.6) is 0 Å². The number of anilines is 1. The molecule has 19 heavy (non-hydrogen) atoms. The van der Waals surface area contributed by atoms with Crippen molar-refractivity contribution >= 4 is 17.7 Å². The van der Waals surface area contributed by atoms with Crippen molar-refractivity contribution in [1.29, 1.82) is 0 Å². The molecule has 0 spiro atoms. The topological polar surface area (TPSA) is 81.9 Å². The molecule has 1 unspecified atom stereocenters. The summed E-state index contributed by atoms with van der Waals surface area (Å²) < 4.78 is 9.89. The summed E-state index contributed by atoms with van der Waals surface area (Å²) in [6.07, 6.45) is -0.463. The van der Waals surface area contributed by atoms with E-state index in [1.54, 1.807) is 31.2 Å². The fourth-order valence-corrected chi connectivity index (χ4v) is 1.92. The first kappa shape index (κ1) is 13.4. The molecule has 1 aromatic carbocycles. The van der Waals surface area contributed by atoms with Crippen LogP contribution in [0, 0.1) is 0 Å². The van der Waals surface area contributed by atoms with Crippen LogP contribution in [0.15, 0.2) is 24.3 Å². The summed E-state index contributed by atoms with van der Waals surface area (Å²) in [5, 5.41) is 0. The summed E-state index contributed by atoms with van der Waals surface area (Å²) in [4.78, 5) is 24.8. The molecule has 1 aliphatic rings. The Hall–Kier alpha value is -2.08. The first-order chi connectivity index (χ1) is 8.99. The third-order valence-electron chi connectivity index (χ3n) is 3.06. The van der Waals surface area contributed by atoms with Gasteiger partial charge in [0.15, 0.2) is 0 Å². The monoisotopic (exact) mass is 264 g/mol. The number of nitrogens with zero attached hydrogens (tertiary/aromatic N) is 1. The molecule has 1 saturated heterocycles. The van der Waals surface area contributed by atoms with Gasteiger partial charge in [0.05, 0.1) is 19.2 Å². The predicted octanol–water partition coefficient (Wildman–Crippen LogP) is 1.15. The zero-order chi connectivity index (χ0) is 14.0. The number of ether oxygens (including phenoxy) is 2. The summed E-state index contributed by atoms with van der Waals surface area (Å²) in [6, 6.07) is 6.64. The number of cyclic esters (lactones) is 1. The maximum absolute atomic E-state index is 11.8. The van der Waals surface area contributed by atoms with Crippen LogP contribution in [-0.2, 0) is 9.47 Å². The molecule has 0 aromatic heterocycles. The van der Waals surface area contributed by atoms with Crippen LogP contribution in [0.2, 0.25) is 0 Å². The van der Waals surface area contributed by atoms with Gasteiger partial charge in [0.2, 0.25) is 0 Å². The summed E-state index contributed by atoms with van der Waals surface area (Å²) in [5.74, 6) is -0.448. The number of benzene rings is 1. The van der Waals surface area contributed by atoms with Crippen LogP contribution >= 0.6 is 0 Å². The van der Waals surface area contributed by atoms with Gasteiger partial charge in [0.25, 0.3) is 0 Å². The lowest BCUT2D eigenvalue weighted by Gasteiger charge is -2.19. The van der Waals surface area contributed by atoms with E-state index in [0.29, 0.717) is 17.8 Å². The predicted molar refractivity (Wildman–Crippen MR) is 69.1 cm³/mol. The standard InChI is InChI=1S/C13H16N2O4/c1-13(7-14)8-15(12(17)19-13)10-5-3-4-9(6-10)11(16)18-2/h3-6H,7-8,14H2,1-2H3. The van der Waals surface area contributed by atoms with Gasteiger partial charge in [-0.05, 0) is 25.1 Å². The van der Waals surface area contributed by atoms with Crippen molar-refractivity contribution in [3.05, 3.63) is 29.8 Å². The minimum Gasteiger partial charge on any atom is -0.465 e. The van der Waals surface area contributed by atoms with E-state index in [2.05, 4.69) is 4.74 Å². The summed E-state index contributed by atoms with van der Waals surface area (Å²) >= 11 is 0. The minimum atomic E-state index is -0.696. The van der Waals surface area contributed by atoms with Crippen LogP contribution in [-0.4, -0.2) is 37.9 Å². The Morgan fingerprint density at radius 3 is 2.89 bits per heavy atom. The van der Waals surface area contributed by atoms with Gasteiger partial charge in [-0.25, -0.2) is 9.59 Å². The molecule has 0 aliphatic carbocycles. The lowest BCUT2D eigenvalue weighted by molar-refractivity contribution is 0.0600. The van der Waals surface area contributed by atoms with Gasteiger partial charge < -0.3 is 15.2 Å². The lowest BCUT2D eigenvalue weighted by atomic mass is 10.1.